The lowest BCUT2D eigenvalue weighted by Crippen LogP contribution is -2.47. The molecule has 0 heterocycles. The lowest BCUT2D eigenvalue weighted by atomic mass is 9.69. The van der Waals surface area contributed by atoms with Gasteiger partial charge in [0.15, 0.2) is 0 Å². The van der Waals surface area contributed by atoms with Gasteiger partial charge in [-0.3, -0.25) is 0 Å². The van der Waals surface area contributed by atoms with E-state index in [9.17, 15) is 26.3 Å². The Hall–Kier alpha value is -1.96. The largest absolute Gasteiger partial charge is 0.489 e. The topological polar surface area (TPSA) is 18.5 Å². The average Bonchev–Trinajstić information content (AvgIpc) is 2.54. The summed E-state index contributed by atoms with van der Waals surface area (Å²) in [4.78, 5) is 0. The zero-order chi connectivity index (χ0) is 19.6. The van der Waals surface area contributed by atoms with Crippen molar-refractivity contribution >= 4 is 0 Å². The number of methoxy groups -OCH3 is 1. The molecule has 1 aliphatic rings. The van der Waals surface area contributed by atoms with Gasteiger partial charge in [0.2, 0.25) is 0 Å². The molecule has 0 saturated carbocycles. The maximum absolute atomic E-state index is 13.6. The summed E-state index contributed by atoms with van der Waals surface area (Å²) in [5, 5.41) is 0. The molecule has 1 aromatic rings. The van der Waals surface area contributed by atoms with Gasteiger partial charge in [-0.25, -0.2) is 0 Å². The van der Waals surface area contributed by atoms with Crippen molar-refractivity contribution in [3.63, 3.8) is 0 Å². The molecule has 1 aliphatic carbocycles. The summed E-state index contributed by atoms with van der Waals surface area (Å²) in [7, 11) is 1.07. The van der Waals surface area contributed by atoms with Crippen LogP contribution < -0.4 is 0 Å². The summed E-state index contributed by atoms with van der Waals surface area (Å²) >= 11 is 0. The Morgan fingerprint density at radius 3 is 2.15 bits per heavy atom. The predicted molar refractivity (Wildman–Crippen MR) is 83.0 cm³/mol. The maximum atomic E-state index is 13.6. The first-order chi connectivity index (χ1) is 12.0. The summed E-state index contributed by atoms with van der Waals surface area (Å²) in [6, 6.07) is 8.45. The first kappa shape index (κ1) is 20.4. The first-order valence-electron chi connectivity index (χ1n) is 7.73. The molecule has 26 heavy (non-hydrogen) atoms. The molecule has 2 unspecified atom stereocenters. The number of ether oxygens (including phenoxy) is 2. The van der Waals surface area contributed by atoms with Crippen molar-refractivity contribution in [1.29, 1.82) is 0 Å². The zero-order valence-electron chi connectivity index (χ0n) is 14.1. The monoisotopic (exact) mass is 380 g/mol. The number of allylic oxidation sites excluding steroid dienone is 2. The van der Waals surface area contributed by atoms with Crippen LogP contribution in [0.3, 0.4) is 0 Å². The van der Waals surface area contributed by atoms with Gasteiger partial charge in [0.25, 0.3) is 0 Å². The highest BCUT2D eigenvalue weighted by atomic mass is 19.4. The molecule has 0 N–H and O–H groups in total. The summed E-state index contributed by atoms with van der Waals surface area (Å²) in [5.41, 5.74) is -3.46. The van der Waals surface area contributed by atoms with E-state index in [0.717, 1.165) is 14.0 Å². The van der Waals surface area contributed by atoms with Crippen molar-refractivity contribution in [2.45, 2.75) is 25.9 Å². The van der Waals surface area contributed by atoms with Gasteiger partial charge in [-0.2, -0.15) is 26.3 Å². The SMILES string of the molecule is COCC1C(C(F)(F)F)=CC(OCc2ccccc2)=CC1(C)C(F)(F)F. The smallest absolute Gasteiger partial charge is 0.413 e. The third-order valence-electron chi connectivity index (χ3n) is 4.36. The summed E-state index contributed by atoms with van der Waals surface area (Å²) in [5.74, 6) is -2.38. The highest BCUT2D eigenvalue weighted by molar-refractivity contribution is 5.35. The number of halogens is 6. The van der Waals surface area contributed by atoms with E-state index in [1.54, 1.807) is 30.3 Å². The predicted octanol–water partition coefficient (Wildman–Crippen LogP) is 5.42. The second-order valence-corrected chi connectivity index (χ2v) is 6.21. The Morgan fingerprint density at radius 2 is 1.65 bits per heavy atom. The van der Waals surface area contributed by atoms with E-state index in [1.165, 1.54) is 0 Å². The minimum Gasteiger partial charge on any atom is -0.489 e. The zero-order valence-corrected chi connectivity index (χ0v) is 14.1. The number of rotatable bonds is 5. The van der Waals surface area contributed by atoms with Crippen LogP contribution >= 0.6 is 0 Å². The molecule has 0 radical (unpaired) electrons. The number of hydrogen-bond acceptors (Lipinski definition) is 2. The van der Waals surface area contributed by atoms with Gasteiger partial charge < -0.3 is 9.47 Å². The standard InChI is InChI=1S/C18H18F6O2/c1-16(18(22,23)24)9-13(26-10-12-6-4-3-5-7-12)8-14(17(19,20)21)15(16)11-25-2/h3-9,15H,10-11H2,1-2H3. The molecule has 1 aromatic carbocycles. The van der Waals surface area contributed by atoms with Crippen LogP contribution in [0.15, 0.2) is 53.8 Å². The quantitative estimate of drug-likeness (QED) is 0.635. The number of alkyl halides is 6. The third-order valence-corrected chi connectivity index (χ3v) is 4.36. The van der Waals surface area contributed by atoms with Crippen LogP contribution in [0.4, 0.5) is 26.3 Å². The van der Waals surface area contributed by atoms with Crippen molar-refractivity contribution in [1.82, 2.24) is 0 Å². The molecule has 0 fully saturated rings. The fourth-order valence-corrected chi connectivity index (χ4v) is 2.83. The van der Waals surface area contributed by atoms with Crippen molar-refractivity contribution in [2.24, 2.45) is 11.3 Å². The van der Waals surface area contributed by atoms with Crippen LogP contribution in [0.1, 0.15) is 12.5 Å². The van der Waals surface area contributed by atoms with E-state index < -0.39 is 41.6 Å². The van der Waals surface area contributed by atoms with Crippen molar-refractivity contribution in [2.75, 3.05) is 13.7 Å². The highest BCUT2D eigenvalue weighted by Gasteiger charge is 2.60. The highest BCUT2D eigenvalue weighted by Crippen LogP contribution is 2.54. The lowest BCUT2D eigenvalue weighted by molar-refractivity contribution is -0.225. The molecular formula is C18H18F6O2. The average molecular weight is 380 g/mol. The molecule has 0 saturated heterocycles. The van der Waals surface area contributed by atoms with Crippen LogP contribution in [0.5, 0.6) is 0 Å². The Kier molecular flexibility index (Phi) is 5.75. The van der Waals surface area contributed by atoms with E-state index >= 15 is 0 Å². The minimum absolute atomic E-state index is 0.142. The van der Waals surface area contributed by atoms with Crippen LogP contribution in [0.25, 0.3) is 0 Å². The fourth-order valence-electron chi connectivity index (χ4n) is 2.83. The molecule has 0 amide bonds. The van der Waals surface area contributed by atoms with Gasteiger partial charge in [-0.15, -0.1) is 0 Å². The fraction of sp³-hybridized carbons (Fsp3) is 0.444. The molecule has 2 nitrogen and oxygen atoms in total. The Labute approximate surface area is 147 Å². The van der Waals surface area contributed by atoms with Gasteiger partial charge >= 0.3 is 12.4 Å². The van der Waals surface area contributed by atoms with Crippen molar-refractivity contribution < 1.29 is 35.8 Å². The number of benzene rings is 1. The van der Waals surface area contributed by atoms with E-state index in [4.69, 9.17) is 4.74 Å². The number of hydrogen-bond donors (Lipinski definition) is 0. The normalized spacial score (nSPS) is 24.1. The van der Waals surface area contributed by atoms with Crippen molar-refractivity contribution in [3.05, 3.63) is 59.4 Å². The summed E-state index contributed by atoms with van der Waals surface area (Å²) < 4.78 is 91.1. The third kappa shape index (κ3) is 4.23. The molecule has 0 bridgehead atoms. The molecule has 8 heteroatoms. The Balaban J connectivity index is 2.42. The van der Waals surface area contributed by atoms with E-state index in [-0.39, 0.29) is 6.61 Å². The van der Waals surface area contributed by atoms with Gasteiger partial charge in [0.05, 0.1) is 12.0 Å². The molecule has 0 spiro atoms. The molecular weight excluding hydrogens is 362 g/mol. The van der Waals surface area contributed by atoms with Gasteiger partial charge in [0, 0.05) is 18.6 Å². The van der Waals surface area contributed by atoms with E-state index in [1.807, 2.05) is 0 Å². The Bertz CT molecular complexity index is 675. The molecule has 0 aliphatic heterocycles. The molecule has 0 aromatic heterocycles. The van der Waals surface area contributed by atoms with Crippen molar-refractivity contribution in [3.8, 4) is 0 Å². The van der Waals surface area contributed by atoms with Crippen LogP contribution in [0.2, 0.25) is 0 Å². The minimum atomic E-state index is -4.94. The van der Waals surface area contributed by atoms with Crippen LogP contribution in [0, 0.1) is 11.3 Å². The van der Waals surface area contributed by atoms with E-state index in [2.05, 4.69) is 4.74 Å². The second-order valence-electron chi connectivity index (χ2n) is 6.21. The first-order valence-corrected chi connectivity index (χ1v) is 7.73. The van der Waals surface area contributed by atoms with Gasteiger partial charge in [-0.1, -0.05) is 30.3 Å². The molecule has 144 valence electrons. The summed E-state index contributed by atoms with van der Waals surface area (Å²) in [6.07, 6.45) is -8.53. The maximum Gasteiger partial charge on any atom is 0.413 e. The van der Waals surface area contributed by atoms with Gasteiger partial charge in [0.1, 0.15) is 12.4 Å². The van der Waals surface area contributed by atoms with Crippen LogP contribution in [-0.4, -0.2) is 26.1 Å². The Morgan fingerprint density at radius 1 is 1.04 bits per heavy atom. The second kappa shape index (κ2) is 7.34. The van der Waals surface area contributed by atoms with Gasteiger partial charge in [-0.05, 0) is 24.6 Å². The summed E-state index contributed by atoms with van der Waals surface area (Å²) in [6.45, 7) is -0.137. The van der Waals surface area contributed by atoms with Crippen LogP contribution in [-0.2, 0) is 16.1 Å². The molecule has 2 rings (SSSR count). The lowest BCUT2D eigenvalue weighted by Gasteiger charge is -2.41. The van der Waals surface area contributed by atoms with E-state index in [0.29, 0.717) is 17.7 Å². The molecule has 2 atom stereocenters.